The highest BCUT2D eigenvalue weighted by molar-refractivity contribution is 7.92. The maximum absolute atomic E-state index is 12.6. The van der Waals surface area contributed by atoms with Gasteiger partial charge in [-0.1, -0.05) is 23.7 Å². The number of rotatable bonds is 8. The summed E-state index contributed by atoms with van der Waals surface area (Å²) in [6, 6.07) is 15.1. The van der Waals surface area contributed by atoms with E-state index in [2.05, 4.69) is 38.8 Å². The van der Waals surface area contributed by atoms with Crippen LogP contribution in [0.4, 0.5) is 23.0 Å². The molecule has 2 aromatic carbocycles. The van der Waals surface area contributed by atoms with Crippen LogP contribution in [-0.2, 0) is 10.0 Å². The Bertz CT molecular complexity index is 1120. The van der Waals surface area contributed by atoms with Crippen LogP contribution in [0.15, 0.2) is 59.5 Å². The van der Waals surface area contributed by atoms with Crippen molar-refractivity contribution in [2.24, 2.45) is 0 Å². The molecule has 0 aliphatic carbocycles. The fraction of sp³-hybridized carbons (Fsp3) is 0.238. The third-order valence-electron chi connectivity index (χ3n) is 4.45. The number of sulfonamides is 1. The van der Waals surface area contributed by atoms with Crippen LogP contribution in [0, 0.1) is 6.92 Å². The van der Waals surface area contributed by atoms with E-state index in [1.807, 2.05) is 13.0 Å². The van der Waals surface area contributed by atoms with E-state index in [9.17, 15) is 8.42 Å². The Balaban J connectivity index is 1.76. The van der Waals surface area contributed by atoms with Crippen molar-refractivity contribution in [2.45, 2.75) is 25.7 Å². The topological polar surface area (TPSA) is 87.2 Å². The van der Waals surface area contributed by atoms with Crippen molar-refractivity contribution in [1.29, 1.82) is 0 Å². The van der Waals surface area contributed by atoms with Gasteiger partial charge < -0.3 is 10.2 Å². The highest BCUT2D eigenvalue weighted by atomic mass is 35.5. The van der Waals surface area contributed by atoms with Gasteiger partial charge in [-0.3, -0.25) is 4.72 Å². The van der Waals surface area contributed by atoms with Crippen molar-refractivity contribution in [3.05, 3.63) is 65.4 Å². The van der Waals surface area contributed by atoms with Crippen molar-refractivity contribution < 1.29 is 8.42 Å². The van der Waals surface area contributed by atoms with E-state index in [-0.39, 0.29) is 9.92 Å². The van der Waals surface area contributed by atoms with Gasteiger partial charge in [0.05, 0.1) is 5.02 Å². The first-order valence-corrected chi connectivity index (χ1v) is 11.4. The van der Waals surface area contributed by atoms with Crippen LogP contribution in [-0.4, -0.2) is 31.5 Å². The fourth-order valence-corrected chi connectivity index (χ4v) is 4.55. The summed E-state index contributed by atoms with van der Waals surface area (Å²) in [4.78, 5) is 11.1. The molecule has 30 heavy (non-hydrogen) atoms. The van der Waals surface area contributed by atoms with Crippen molar-refractivity contribution in [3.8, 4) is 0 Å². The van der Waals surface area contributed by atoms with E-state index in [0.29, 0.717) is 17.3 Å². The number of aryl methyl sites for hydroxylation is 1. The van der Waals surface area contributed by atoms with Gasteiger partial charge in [-0.05, 0) is 57.2 Å². The lowest BCUT2D eigenvalue weighted by molar-refractivity contribution is 0.601. The van der Waals surface area contributed by atoms with Crippen LogP contribution in [0.2, 0.25) is 5.02 Å². The third-order valence-corrected chi connectivity index (χ3v) is 6.33. The Morgan fingerprint density at radius 1 is 0.967 bits per heavy atom. The summed E-state index contributed by atoms with van der Waals surface area (Å²) in [6.07, 6.45) is 0. The number of halogens is 1. The van der Waals surface area contributed by atoms with Crippen LogP contribution in [0.5, 0.6) is 0 Å². The first-order valence-electron chi connectivity index (χ1n) is 9.57. The molecular weight excluding hydrogens is 422 g/mol. The Morgan fingerprint density at radius 3 is 2.23 bits per heavy atom. The number of hydrogen-bond donors (Lipinski definition) is 2. The van der Waals surface area contributed by atoms with Crippen LogP contribution in [0.1, 0.15) is 19.7 Å². The highest BCUT2D eigenvalue weighted by Crippen LogP contribution is 2.25. The van der Waals surface area contributed by atoms with Crippen molar-refractivity contribution in [1.82, 2.24) is 9.97 Å². The average molecular weight is 446 g/mol. The van der Waals surface area contributed by atoms with E-state index >= 15 is 0 Å². The number of benzene rings is 2. The van der Waals surface area contributed by atoms with Crippen LogP contribution >= 0.6 is 11.6 Å². The predicted molar refractivity (Wildman–Crippen MR) is 122 cm³/mol. The molecule has 0 unspecified atom stereocenters. The first-order chi connectivity index (χ1) is 14.3. The number of aromatic nitrogens is 2. The van der Waals surface area contributed by atoms with Gasteiger partial charge >= 0.3 is 0 Å². The normalized spacial score (nSPS) is 11.2. The second kappa shape index (κ2) is 9.32. The van der Waals surface area contributed by atoms with Crippen LogP contribution in [0.25, 0.3) is 0 Å². The number of hydrogen-bond acceptors (Lipinski definition) is 6. The van der Waals surface area contributed by atoms with Crippen LogP contribution < -0.4 is 14.9 Å². The molecule has 0 radical (unpaired) electrons. The van der Waals surface area contributed by atoms with E-state index in [4.69, 9.17) is 11.6 Å². The number of anilines is 4. The zero-order valence-electron chi connectivity index (χ0n) is 17.1. The summed E-state index contributed by atoms with van der Waals surface area (Å²) in [5, 5.41) is 3.42. The van der Waals surface area contributed by atoms with Crippen molar-refractivity contribution in [3.63, 3.8) is 0 Å². The number of nitrogens with one attached hydrogen (secondary N) is 2. The van der Waals surface area contributed by atoms with Crippen LogP contribution in [0.3, 0.4) is 0 Å². The molecule has 2 N–H and O–H groups in total. The smallest absolute Gasteiger partial charge is 0.263 e. The van der Waals surface area contributed by atoms with Gasteiger partial charge in [0.15, 0.2) is 0 Å². The Labute approximate surface area is 182 Å². The van der Waals surface area contributed by atoms with E-state index < -0.39 is 10.0 Å². The molecule has 0 aliphatic heterocycles. The second-order valence-electron chi connectivity index (χ2n) is 6.57. The maximum atomic E-state index is 12.6. The molecule has 0 aliphatic rings. The quantitative estimate of drug-likeness (QED) is 0.516. The van der Waals surface area contributed by atoms with Gasteiger partial charge in [-0.2, -0.15) is 0 Å². The molecule has 0 saturated heterocycles. The summed E-state index contributed by atoms with van der Waals surface area (Å²) < 4.78 is 27.7. The monoisotopic (exact) mass is 445 g/mol. The molecule has 0 fully saturated rings. The van der Waals surface area contributed by atoms with Crippen molar-refractivity contribution in [2.75, 3.05) is 28.0 Å². The molecule has 9 heteroatoms. The SMILES string of the molecule is CCN(CC)c1cc(Nc2ccc(NS(=O)(=O)c3ccccc3Cl)cc2)nc(C)n1. The lowest BCUT2D eigenvalue weighted by Crippen LogP contribution is -2.23. The van der Waals surface area contributed by atoms with Gasteiger partial charge in [0.1, 0.15) is 22.4 Å². The molecule has 3 rings (SSSR count). The fourth-order valence-electron chi connectivity index (χ4n) is 2.97. The lowest BCUT2D eigenvalue weighted by Gasteiger charge is -2.20. The second-order valence-corrected chi connectivity index (χ2v) is 8.63. The molecule has 0 atom stereocenters. The minimum atomic E-state index is -3.77. The first kappa shape index (κ1) is 21.9. The zero-order valence-corrected chi connectivity index (χ0v) is 18.6. The molecule has 0 saturated carbocycles. The number of nitrogens with zero attached hydrogens (tertiary/aromatic N) is 3. The molecule has 158 valence electrons. The average Bonchev–Trinajstić information content (AvgIpc) is 2.70. The van der Waals surface area contributed by atoms with E-state index in [0.717, 1.165) is 24.6 Å². The molecule has 0 amide bonds. The standard InChI is InChI=1S/C21H24ClN5O2S/c1-4-27(5-2)21-14-20(23-15(3)24-21)25-16-10-12-17(13-11-16)26-30(28,29)19-9-7-6-8-18(19)22/h6-14,26H,4-5H2,1-3H3,(H,23,24,25). The highest BCUT2D eigenvalue weighted by Gasteiger charge is 2.17. The third kappa shape index (κ3) is 5.20. The van der Waals surface area contributed by atoms with E-state index in [1.54, 1.807) is 42.5 Å². The summed E-state index contributed by atoms with van der Waals surface area (Å²) in [5.41, 5.74) is 1.21. The molecule has 3 aromatic rings. The van der Waals surface area contributed by atoms with Gasteiger partial charge in [-0.15, -0.1) is 0 Å². The van der Waals surface area contributed by atoms with Gasteiger partial charge in [0.25, 0.3) is 10.0 Å². The van der Waals surface area contributed by atoms with Gasteiger partial charge in [0, 0.05) is 30.5 Å². The Kier molecular flexibility index (Phi) is 6.79. The maximum Gasteiger partial charge on any atom is 0.263 e. The molecule has 1 aromatic heterocycles. The summed E-state index contributed by atoms with van der Waals surface area (Å²) >= 11 is 6.01. The molecule has 1 heterocycles. The summed E-state index contributed by atoms with van der Waals surface area (Å²) in [5.74, 6) is 2.21. The molecule has 7 nitrogen and oxygen atoms in total. The van der Waals surface area contributed by atoms with Gasteiger partial charge in [0.2, 0.25) is 0 Å². The molecule has 0 spiro atoms. The predicted octanol–water partition coefficient (Wildman–Crippen LogP) is 4.83. The largest absolute Gasteiger partial charge is 0.357 e. The minimum Gasteiger partial charge on any atom is -0.357 e. The molecule has 0 bridgehead atoms. The Hall–Kier alpha value is -2.84. The van der Waals surface area contributed by atoms with Gasteiger partial charge in [-0.25, -0.2) is 18.4 Å². The lowest BCUT2D eigenvalue weighted by atomic mass is 10.3. The van der Waals surface area contributed by atoms with E-state index in [1.165, 1.54) is 6.07 Å². The van der Waals surface area contributed by atoms with Crippen molar-refractivity contribution >= 4 is 44.6 Å². The zero-order chi connectivity index (χ0) is 21.7. The summed E-state index contributed by atoms with van der Waals surface area (Å²) in [6.45, 7) is 7.72. The minimum absolute atomic E-state index is 0.0364. The molecular formula is C21H24ClN5O2S. The summed E-state index contributed by atoms with van der Waals surface area (Å²) in [7, 11) is -3.77. The Morgan fingerprint density at radius 2 is 1.60 bits per heavy atom.